The van der Waals surface area contributed by atoms with E-state index in [1.165, 1.54) is 6.08 Å². The first-order valence-corrected chi connectivity index (χ1v) is 10.5. The molecule has 0 aromatic heterocycles. The van der Waals surface area contributed by atoms with Crippen molar-refractivity contribution in [2.75, 3.05) is 11.9 Å². The number of hydrogen-bond acceptors (Lipinski definition) is 4. The lowest BCUT2D eigenvalue weighted by atomic mass is 10.1. The molecule has 0 bridgehead atoms. The summed E-state index contributed by atoms with van der Waals surface area (Å²) >= 11 is 3.41. The van der Waals surface area contributed by atoms with E-state index in [1.807, 2.05) is 55.5 Å². The highest BCUT2D eigenvalue weighted by atomic mass is 79.9. The van der Waals surface area contributed by atoms with E-state index < -0.39 is 5.91 Å². The van der Waals surface area contributed by atoms with Gasteiger partial charge in [-0.3, -0.25) is 4.79 Å². The highest BCUT2D eigenvalue weighted by molar-refractivity contribution is 9.10. The summed E-state index contributed by atoms with van der Waals surface area (Å²) < 4.78 is 12.2. The normalized spacial score (nSPS) is 10.8. The molecule has 1 N–H and O–H groups in total. The number of nitrogens with one attached hydrogen (secondary N) is 1. The Labute approximate surface area is 190 Å². The Kier molecular flexibility index (Phi) is 7.85. The first-order valence-electron chi connectivity index (χ1n) is 9.70. The number of amides is 1. The lowest BCUT2D eigenvalue weighted by Crippen LogP contribution is -2.13. The molecule has 156 valence electrons. The van der Waals surface area contributed by atoms with Crippen LogP contribution in [0, 0.1) is 11.3 Å². The molecule has 5 nitrogen and oxygen atoms in total. The molecule has 0 saturated heterocycles. The van der Waals surface area contributed by atoms with Crippen LogP contribution in [0.15, 0.2) is 82.8 Å². The highest BCUT2D eigenvalue weighted by Gasteiger charge is 2.10. The molecule has 0 radical (unpaired) electrons. The smallest absolute Gasteiger partial charge is 0.266 e. The van der Waals surface area contributed by atoms with Crippen LogP contribution in [0.1, 0.15) is 18.1 Å². The van der Waals surface area contributed by atoms with Crippen LogP contribution in [-0.4, -0.2) is 12.5 Å². The van der Waals surface area contributed by atoms with Crippen molar-refractivity contribution in [3.8, 4) is 17.6 Å². The van der Waals surface area contributed by atoms with Gasteiger partial charge in [-0.05, 0) is 72.7 Å². The molecule has 3 rings (SSSR count). The minimum Gasteiger partial charge on any atom is -0.494 e. The van der Waals surface area contributed by atoms with Crippen LogP contribution in [0.3, 0.4) is 0 Å². The van der Waals surface area contributed by atoms with E-state index in [4.69, 9.17) is 9.47 Å². The Balaban J connectivity index is 1.66. The van der Waals surface area contributed by atoms with E-state index in [-0.39, 0.29) is 5.57 Å². The molecule has 0 saturated carbocycles. The summed E-state index contributed by atoms with van der Waals surface area (Å²) in [5.74, 6) is 0.894. The van der Waals surface area contributed by atoms with E-state index in [9.17, 15) is 10.1 Å². The van der Waals surface area contributed by atoms with Gasteiger partial charge in [-0.2, -0.15) is 5.26 Å². The molecule has 6 heteroatoms. The summed E-state index contributed by atoms with van der Waals surface area (Å²) in [4.78, 5) is 12.5. The number of carbonyl (C=O) groups excluding carboxylic acids is 1. The summed E-state index contributed by atoms with van der Waals surface area (Å²) in [6.45, 7) is 2.89. The number of benzene rings is 3. The Morgan fingerprint density at radius 3 is 2.45 bits per heavy atom. The van der Waals surface area contributed by atoms with Gasteiger partial charge >= 0.3 is 0 Å². The molecule has 0 aliphatic heterocycles. The molecule has 0 spiro atoms. The Bertz CT molecular complexity index is 1100. The van der Waals surface area contributed by atoms with Gasteiger partial charge in [-0.1, -0.05) is 40.2 Å². The standard InChI is InChI=1S/C25H21BrN2O3/c1-2-30-23-12-10-22(11-13-23)28-25(29)20(16-27)14-19-4-3-5-24(15-19)31-17-18-6-8-21(26)9-7-18/h3-15H,2,17H2,1H3,(H,28,29)/b20-14-. The minimum absolute atomic E-state index is 0.000977. The Morgan fingerprint density at radius 1 is 1.03 bits per heavy atom. The van der Waals surface area contributed by atoms with Crippen LogP contribution in [-0.2, 0) is 11.4 Å². The largest absolute Gasteiger partial charge is 0.494 e. The van der Waals surface area contributed by atoms with Crippen molar-refractivity contribution in [1.82, 2.24) is 0 Å². The number of nitriles is 1. The summed E-state index contributed by atoms with van der Waals surface area (Å²) in [6, 6.07) is 24.1. The first-order chi connectivity index (χ1) is 15.1. The van der Waals surface area contributed by atoms with Crippen molar-refractivity contribution in [1.29, 1.82) is 5.26 Å². The fraction of sp³-hybridized carbons (Fsp3) is 0.120. The van der Waals surface area contributed by atoms with E-state index >= 15 is 0 Å². The SMILES string of the molecule is CCOc1ccc(NC(=O)/C(C#N)=C\c2cccc(OCc3ccc(Br)cc3)c2)cc1. The third-order valence-corrected chi connectivity index (χ3v) is 4.80. The number of halogens is 1. The minimum atomic E-state index is -0.479. The topological polar surface area (TPSA) is 71.3 Å². The molecule has 0 fully saturated rings. The number of nitrogens with zero attached hydrogens (tertiary/aromatic N) is 1. The van der Waals surface area contributed by atoms with Crippen molar-refractivity contribution in [2.24, 2.45) is 0 Å². The average molecular weight is 477 g/mol. The van der Waals surface area contributed by atoms with Crippen molar-refractivity contribution < 1.29 is 14.3 Å². The van der Waals surface area contributed by atoms with E-state index in [2.05, 4.69) is 21.2 Å². The molecular weight excluding hydrogens is 456 g/mol. The van der Waals surface area contributed by atoms with Gasteiger partial charge in [-0.15, -0.1) is 0 Å². The van der Waals surface area contributed by atoms with Crippen LogP contribution >= 0.6 is 15.9 Å². The zero-order chi connectivity index (χ0) is 22.1. The van der Waals surface area contributed by atoms with Crippen LogP contribution in [0.2, 0.25) is 0 Å². The van der Waals surface area contributed by atoms with Crippen molar-refractivity contribution in [2.45, 2.75) is 13.5 Å². The fourth-order valence-corrected chi connectivity index (χ4v) is 3.02. The fourth-order valence-electron chi connectivity index (χ4n) is 2.76. The van der Waals surface area contributed by atoms with Crippen LogP contribution < -0.4 is 14.8 Å². The molecule has 0 heterocycles. The predicted molar refractivity (Wildman–Crippen MR) is 125 cm³/mol. The third kappa shape index (κ3) is 6.73. The average Bonchev–Trinajstić information content (AvgIpc) is 2.79. The molecule has 1 amide bonds. The van der Waals surface area contributed by atoms with Gasteiger partial charge in [0.2, 0.25) is 0 Å². The monoisotopic (exact) mass is 476 g/mol. The maximum Gasteiger partial charge on any atom is 0.266 e. The second-order valence-electron chi connectivity index (χ2n) is 6.57. The summed E-state index contributed by atoms with van der Waals surface area (Å²) in [7, 11) is 0. The number of rotatable bonds is 8. The number of anilines is 1. The quantitative estimate of drug-likeness (QED) is 0.321. The second-order valence-corrected chi connectivity index (χ2v) is 7.48. The highest BCUT2D eigenvalue weighted by Crippen LogP contribution is 2.20. The van der Waals surface area contributed by atoms with Gasteiger partial charge in [0.15, 0.2) is 0 Å². The summed E-state index contributed by atoms with van der Waals surface area (Å²) in [5.41, 5.74) is 2.32. The van der Waals surface area contributed by atoms with Gasteiger partial charge < -0.3 is 14.8 Å². The first kappa shape index (κ1) is 22.1. The summed E-state index contributed by atoms with van der Waals surface area (Å²) in [5, 5.41) is 12.2. The molecule has 0 atom stereocenters. The molecule has 0 unspecified atom stereocenters. The maximum absolute atomic E-state index is 12.5. The number of hydrogen-bond donors (Lipinski definition) is 1. The zero-order valence-electron chi connectivity index (χ0n) is 17.0. The van der Waals surface area contributed by atoms with Gasteiger partial charge in [0.25, 0.3) is 5.91 Å². The molecule has 31 heavy (non-hydrogen) atoms. The lowest BCUT2D eigenvalue weighted by Gasteiger charge is -2.08. The van der Waals surface area contributed by atoms with Crippen molar-refractivity contribution >= 4 is 33.6 Å². The van der Waals surface area contributed by atoms with E-state index in [1.54, 1.807) is 30.3 Å². The van der Waals surface area contributed by atoms with Crippen LogP contribution in [0.4, 0.5) is 5.69 Å². The van der Waals surface area contributed by atoms with E-state index in [0.717, 1.165) is 15.8 Å². The molecular formula is C25H21BrN2O3. The molecule has 0 aliphatic carbocycles. The molecule has 0 aliphatic rings. The van der Waals surface area contributed by atoms with Crippen LogP contribution in [0.25, 0.3) is 6.08 Å². The van der Waals surface area contributed by atoms with Gasteiger partial charge in [0, 0.05) is 10.2 Å². The van der Waals surface area contributed by atoms with Gasteiger partial charge in [0.1, 0.15) is 29.7 Å². The number of ether oxygens (including phenoxy) is 2. The van der Waals surface area contributed by atoms with Crippen molar-refractivity contribution in [3.63, 3.8) is 0 Å². The van der Waals surface area contributed by atoms with Gasteiger partial charge in [-0.25, -0.2) is 0 Å². The maximum atomic E-state index is 12.5. The van der Waals surface area contributed by atoms with E-state index in [0.29, 0.717) is 30.2 Å². The predicted octanol–water partition coefficient (Wildman–Crippen LogP) is 5.97. The summed E-state index contributed by atoms with van der Waals surface area (Å²) in [6.07, 6.45) is 1.54. The Morgan fingerprint density at radius 2 is 1.77 bits per heavy atom. The Hall–Kier alpha value is -3.56. The second kappa shape index (κ2) is 11.0. The molecule has 3 aromatic carbocycles. The number of carbonyl (C=O) groups is 1. The van der Waals surface area contributed by atoms with Gasteiger partial charge in [0.05, 0.1) is 6.61 Å². The zero-order valence-corrected chi connectivity index (χ0v) is 18.6. The van der Waals surface area contributed by atoms with Crippen molar-refractivity contribution in [3.05, 3.63) is 94.0 Å². The van der Waals surface area contributed by atoms with Crippen LogP contribution in [0.5, 0.6) is 11.5 Å². The lowest BCUT2D eigenvalue weighted by molar-refractivity contribution is -0.112. The third-order valence-electron chi connectivity index (χ3n) is 4.28. The molecule has 3 aromatic rings.